The Morgan fingerprint density at radius 1 is 1.14 bits per heavy atom. The number of carbonyl (C=O) groups excluding carboxylic acids is 1. The average molecular weight is 410 g/mol. The molecule has 7 nitrogen and oxygen atoms in total. The van der Waals surface area contributed by atoms with Crippen LogP contribution in [0.5, 0.6) is 0 Å². The van der Waals surface area contributed by atoms with E-state index in [0.717, 1.165) is 22.5 Å². The molecule has 1 aliphatic rings. The number of imidazole rings is 1. The zero-order valence-corrected chi connectivity index (χ0v) is 17.2. The minimum absolute atomic E-state index is 0.0218. The van der Waals surface area contributed by atoms with E-state index in [2.05, 4.69) is 14.7 Å². The molecule has 2 aromatic carbocycles. The Balaban J connectivity index is 1.64. The van der Waals surface area contributed by atoms with Crippen LogP contribution in [0.25, 0.3) is 11.3 Å². The fraction of sp³-hybridized carbons (Fsp3) is 0.238. The highest BCUT2D eigenvalue weighted by Crippen LogP contribution is 2.40. The first-order valence-corrected chi connectivity index (χ1v) is 10.7. The molecule has 0 saturated carbocycles. The van der Waals surface area contributed by atoms with Crippen molar-refractivity contribution in [2.75, 3.05) is 16.7 Å². The monoisotopic (exact) mass is 410 g/mol. The van der Waals surface area contributed by atoms with Gasteiger partial charge in [0.1, 0.15) is 0 Å². The number of fused-ring (bicyclic) bond motifs is 1. The van der Waals surface area contributed by atoms with E-state index in [1.54, 1.807) is 48.7 Å². The van der Waals surface area contributed by atoms with Crippen LogP contribution >= 0.6 is 0 Å². The first-order chi connectivity index (χ1) is 13.7. The van der Waals surface area contributed by atoms with Crippen molar-refractivity contribution >= 4 is 27.3 Å². The number of hydrogen-bond donors (Lipinski definition) is 2. The molecule has 0 aliphatic carbocycles. The molecule has 1 aromatic heterocycles. The predicted octanol–water partition coefficient (Wildman–Crippen LogP) is 3.52. The van der Waals surface area contributed by atoms with Gasteiger partial charge in [0.15, 0.2) is 0 Å². The number of rotatable bonds is 4. The zero-order chi connectivity index (χ0) is 20.8. The summed E-state index contributed by atoms with van der Waals surface area (Å²) >= 11 is 0. The quantitative estimate of drug-likeness (QED) is 0.688. The van der Waals surface area contributed by atoms with Crippen LogP contribution in [0.2, 0.25) is 0 Å². The summed E-state index contributed by atoms with van der Waals surface area (Å²) < 4.78 is 28.5. The lowest BCUT2D eigenvalue weighted by atomic mass is 9.77. The first-order valence-electron chi connectivity index (χ1n) is 9.20. The Labute approximate surface area is 169 Å². The van der Waals surface area contributed by atoms with Crippen LogP contribution in [0.15, 0.2) is 59.9 Å². The molecule has 8 heteroatoms. The van der Waals surface area contributed by atoms with Gasteiger partial charge in [-0.25, -0.2) is 13.4 Å². The van der Waals surface area contributed by atoms with E-state index in [0.29, 0.717) is 12.1 Å². The van der Waals surface area contributed by atoms with Crippen molar-refractivity contribution in [1.29, 1.82) is 0 Å². The maximum Gasteiger partial charge on any atom is 0.261 e. The van der Waals surface area contributed by atoms with Gasteiger partial charge in [0.05, 0.1) is 23.1 Å². The topological polar surface area (TPSA) is 95.2 Å². The second kappa shape index (κ2) is 6.73. The predicted molar refractivity (Wildman–Crippen MR) is 112 cm³/mol. The second-order valence-electron chi connectivity index (χ2n) is 7.84. The highest BCUT2D eigenvalue weighted by molar-refractivity contribution is 7.92. The molecule has 0 unspecified atom stereocenters. The van der Waals surface area contributed by atoms with Crippen molar-refractivity contribution in [2.24, 2.45) is 0 Å². The van der Waals surface area contributed by atoms with Gasteiger partial charge in [-0.15, -0.1) is 0 Å². The lowest BCUT2D eigenvalue weighted by Gasteiger charge is -2.37. The van der Waals surface area contributed by atoms with Crippen molar-refractivity contribution in [3.8, 4) is 11.3 Å². The van der Waals surface area contributed by atoms with Crippen molar-refractivity contribution in [2.45, 2.75) is 30.6 Å². The molecule has 3 aromatic rings. The molecular weight excluding hydrogens is 388 g/mol. The number of amides is 1. The summed E-state index contributed by atoms with van der Waals surface area (Å²) in [6.45, 7) is 3.91. The van der Waals surface area contributed by atoms with E-state index in [-0.39, 0.29) is 10.8 Å². The maximum atomic E-state index is 13.0. The molecule has 0 bridgehead atoms. The van der Waals surface area contributed by atoms with E-state index < -0.39 is 15.4 Å². The third kappa shape index (κ3) is 3.51. The Kier molecular flexibility index (Phi) is 4.46. The summed E-state index contributed by atoms with van der Waals surface area (Å²) in [5.41, 5.74) is 3.39. The van der Waals surface area contributed by atoms with Gasteiger partial charge in [-0.3, -0.25) is 9.52 Å². The Morgan fingerprint density at radius 3 is 2.52 bits per heavy atom. The fourth-order valence-corrected chi connectivity index (χ4v) is 4.67. The van der Waals surface area contributed by atoms with Crippen molar-refractivity contribution < 1.29 is 13.2 Å². The number of benzene rings is 2. The summed E-state index contributed by atoms with van der Waals surface area (Å²) in [6.07, 6.45) is 3.63. The lowest BCUT2D eigenvalue weighted by molar-refractivity contribution is -0.119. The molecule has 0 saturated heterocycles. The van der Waals surface area contributed by atoms with Gasteiger partial charge in [0.2, 0.25) is 5.91 Å². The molecule has 2 heterocycles. The van der Waals surface area contributed by atoms with Crippen molar-refractivity contribution in [3.05, 3.63) is 60.6 Å². The number of H-pyrrole nitrogens is 1. The van der Waals surface area contributed by atoms with Crippen molar-refractivity contribution in [1.82, 2.24) is 9.97 Å². The van der Waals surface area contributed by atoms with E-state index in [9.17, 15) is 13.2 Å². The molecule has 2 N–H and O–H groups in total. The number of aromatic amines is 1. The summed E-state index contributed by atoms with van der Waals surface area (Å²) in [4.78, 5) is 20.9. The largest absolute Gasteiger partial charge is 0.345 e. The number of carbonyl (C=O) groups is 1. The van der Waals surface area contributed by atoms with Crippen LogP contribution in [0.4, 0.5) is 11.4 Å². The number of anilines is 2. The number of nitrogens with zero attached hydrogens (tertiary/aromatic N) is 2. The van der Waals surface area contributed by atoms with Gasteiger partial charge < -0.3 is 9.88 Å². The van der Waals surface area contributed by atoms with Gasteiger partial charge in [-0.05, 0) is 41.5 Å². The minimum Gasteiger partial charge on any atom is -0.345 e. The SMILES string of the molecule is CN1C(=O)CC(C)(C)c2cc(S(=O)(=O)Nc3ccc(-c4cnc[nH]4)cc3)ccc21. The summed E-state index contributed by atoms with van der Waals surface area (Å²) in [5, 5.41) is 0. The lowest BCUT2D eigenvalue weighted by Crippen LogP contribution is -2.39. The molecule has 0 fully saturated rings. The molecule has 0 spiro atoms. The Morgan fingerprint density at radius 2 is 1.86 bits per heavy atom. The molecule has 29 heavy (non-hydrogen) atoms. The normalized spacial score (nSPS) is 15.8. The molecule has 150 valence electrons. The van der Waals surface area contributed by atoms with E-state index >= 15 is 0 Å². The van der Waals surface area contributed by atoms with Crippen LogP contribution in [0.1, 0.15) is 25.8 Å². The molecular formula is C21H22N4O3S. The van der Waals surface area contributed by atoms with Gasteiger partial charge in [-0.2, -0.15) is 0 Å². The number of nitrogens with one attached hydrogen (secondary N) is 2. The van der Waals surface area contributed by atoms with Crippen LogP contribution in [-0.2, 0) is 20.2 Å². The Bertz CT molecular complexity index is 1170. The highest BCUT2D eigenvalue weighted by atomic mass is 32.2. The van der Waals surface area contributed by atoms with Gasteiger partial charge in [-0.1, -0.05) is 26.0 Å². The van der Waals surface area contributed by atoms with E-state index in [4.69, 9.17) is 0 Å². The van der Waals surface area contributed by atoms with Crippen LogP contribution < -0.4 is 9.62 Å². The molecule has 0 atom stereocenters. The number of hydrogen-bond acceptors (Lipinski definition) is 4. The highest BCUT2D eigenvalue weighted by Gasteiger charge is 2.36. The summed E-state index contributed by atoms with van der Waals surface area (Å²) in [5.74, 6) is 0.0218. The summed E-state index contributed by atoms with van der Waals surface area (Å²) in [7, 11) is -2.06. The molecule has 4 rings (SSSR count). The number of aromatic nitrogens is 2. The standard InChI is InChI=1S/C21H22N4O3S/c1-21(2)11-20(26)25(3)19-9-8-16(10-17(19)21)29(27,28)24-15-6-4-14(5-7-15)18-12-22-13-23-18/h4-10,12-13,24H,11H2,1-3H3,(H,22,23). The summed E-state index contributed by atoms with van der Waals surface area (Å²) in [6, 6.07) is 12.0. The van der Waals surface area contributed by atoms with E-state index in [1.807, 2.05) is 26.0 Å². The first kappa shape index (κ1) is 19.2. The zero-order valence-electron chi connectivity index (χ0n) is 16.4. The Hall–Kier alpha value is -3.13. The molecule has 0 radical (unpaired) electrons. The smallest absolute Gasteiger partial charge is 0.261 e. The average Bonchev–Trinajstić information content (AvgIpc) is 3.21. The van der Waals surface area contributed by atoms with Crippen LogP contribution in [0, 0.1) is 0 Å². The third-order valence-electron chi connectivity index (χ3n) is 5.28. The van der Waals surface area contributed by atoms with E-state index in [1.165, 1.54) is 6.07 Å². The van der Waals surface area contributed by atoms with Crippen LogP contribution in [-0.4, -0.2) is 31.3 Å². The van der Waals surface area contributed by atoms with Gasteiger partial charge in [0.25, 0.3) is 10.0 Å². The molecule has 1 aliphatic heterocycles. The fourth-order valence-electron chi connectivity index (χ4n) is 3.59. The second-order valence-corrected chi connectivity index (χ2v) is 9.52. The van der Waals surface area contributed by atoms with Crippen molar-refractivity contribution in [3.63, 3.8) is 0 Å². The number of sulfonamides is 1. The maximum absolute atomic E-state index is 13.0. The minimum atomic E-state index is -3.77. The van der Waals surface area contributed by atoms with Gasteiger partial charge >= 0.3 is 0 Å². The van der Waals surface area contributed by atoms with Crippen LogP contribution in [0.3, 0.4) is 0 Å². The third-order valence-corrected chi connectivity index (χ3v) is 6.66. The molecule has 1 amide bonds. The van der Waals surface area contributed by atoms with Gasteiger partial charge in [0, 0.05) is 30.3 Å².